The second kappa shape index (κ2) is 6.62. The van der Waals surface area contributed by atoms with E-state index < -0.39 is 16.2 Å². The lowest BCUT2D eigenvalue weighted by atomic mass is 10.0. The highest BCUT2D eigenvalue weighted by Crippen LogP contribution is 2.22. The van der Waals surface area contributed by atoms with Gasteiger partial charge >= 0.3 is 16.2 Å². The van der Waals surface area contributed by atoms with Gasteiger partial charge in [0.2, 0.25) is 0 Å². The lowest BCUT2D eigenvalue weighted by Gasteiger charge is -2.28. The number of carboxylic acids is 1. The van der Waals surface area contributed by atoms with E-state index in [4.69, 9.17) is 5.11 Å². The summed E-state index contributed by atoms with van der Waals surface area (Å²) >= 11 is 0. The largest absolute Gasteiger partial charge is 0.481 e. The van der Waals surface area contributed by atoms with Crippen LogP contribution in [0.1, 0.15) is 16.7 Å². The molecule has 3 rings (SSSR count). The quantitative estimate of drug-likeness (QED) is 0.867. The van der Waals surface area contributed by atoms with Crippen molar-refractivity contribution >= 4 is 21.9 Å². The third-order valence-electron chi connectivity index (χ3n) is 3.96. The zero-order chi connectivity index (χ0) is 17.2. The van der Waals surface area contributed by atoms with Crippen molar-refractivity contribution in [3.63, 3.8) is 0 Å². The van der Waals surface area contributed by atoms with Crippen LogP contribution in [-0.4, -0.2) is 30.3 Å². The Labute approximate surface area is 140 Å². The summed E-state index contributed by atoms with van der Waals surface area (Å²) in [4.78, 5) is 10.8. The van der Waals surface area contributed by atoms with Crippen LogP contribution in [0, 0.1) is 0 Å². The van der Waals surface area contributed by atoms with E-state index in [0.717, 1.165) is 5.56 Å². The molecule has 1 aliphatic heterocycles. The van der Waals surface area contributed by atoms with Crippen LogP contribution in [0.3, 0.4) is 0 Å². The van der Waals surface area contributed by atoms with Gasteiger partial charge < -0.3 is 5.11 Å². The second-order valence-corrected chi connectivity index (χ2v) is 7.40. The Balaban J connectivity index is 1.76. The Bertz CT molecular complexity index is 864. The van der Waals surface area contributed by atoms with Crippen LogP contribution in [0.25, 0.3) is 0 Å². The van der Waals surface area contributed by atoms with Crippen molar-refractivity contribution in [3.8, 4) is 0 Å². The van der Waals surface area contributed by atoms with Crippen molar-refractivity contribution in [1.82, 2.24) is 4.31 Å². The topological polar surface area (TPSA) is 86.7 Å². The van der Waals surface area contributed by atoms with Gasteiger partial charge in [-0.1, -0.05) is 36.4 Å². The van der Waals surface area contributed by atoms with Crippen LogP contribution in [-0.2, 0) is 34.4 Å². The molecule has 0 saturated heterocycles. The molecule has 126 valence electrons. The molecule has 2 aromatic rings. The summed E-state index contributed by atoms with van der Waals surface area (Å²) in [5, 5.41) is 8.84. The van der Waals surface area contributed by atoms with Crippen LogP contribution < -0.4 is 4.72 Å². The molecule has 0 radical (unpaired) electrons. The fourth-order valence-corrected chi connectivity index (χ4v) is 4.00. The molecule has 0 bridgehead atoms. The number of benzene rings is 2. The molecule has 0 saturated carbocycles. The normalized spacial score (nSPS) is 14.8. The van der Waals surface area contributed by atoms with Crippen molar-refractivity contribution in [1.29, 1.82) is 0 Å². The first kappa shape index (κ1) is 16.5. The van der Waals surface area contributed by atoms with Crippen LogP contribution in [0.2, 0.25) is 0 Å². The Morgan fingerprint density at radius 1 is 1.12 bits per heavy atom. The molecule has 0 spiro atoms. The third kappa shape index (κ3) is 3.74. The highest BCUT2D eigenvalue weighted by Gasteiger charge is 2.26. The Hall–Kier alpha value is -2.38. The molecule has 0 aromatic heterocycles. The van der Waals surface area contributed by atoms with Crippen LogP contribution >= 0.6 is 0 Å². The minimum atomic E-state index is -3.69. The number of rotatable bonds is 5. The highest BCUT2D eigenvalue weighted by molar-refractivity contribution is 7.90. The van der Waals surface area contributed by atoms with Gasteiger partial charge in [-0.2, -0.15) is 12.7 Å². The molecule has 0 unspecified atom stereocenters. The van der Waals surface area contributed by atoms with E-state index in [2.05, 4.69) is 4.72 Å². The maximum absolute atomic E-state index is 12.6. The summed E-state index contributed by atoms with van der Waals surface area (Å²) in [5.41, 5.74) is 3.10. The smallest absolute Gasteiger partial charge is 0.307 e. The molecule has 0 aliphatic carbocycles. The van der Waals surface area contributed by atoms with E-state index in [1.807, 2.05) is 24.3 Å². The zero-order valence-corrected chi connectivity index (χ0v) is 13.8. The van der Waals surface area contributed by atoms with Gasteiger partial charge in [0.25, 0.3) is 0 Å². The number of nitrogens with zero attached hydrogens (tertiary/aromatic N) is 1. The van der Waals surface area contributed by atoms with Gasteiger partial charge in [0, 0.05) is 13.1 Å². The minimum Gasteiger partial charge on any atom is -0.481 e. The second-order valence-electron chi connectivity index (χ2n) is 5.73. The maximum Gasteiger partial charge on any atom is 0.307 e. The molecule has 0 amide bonds. The Morgan fingerprint density at radius 3 is 2.62 bits per heavy atom. The van der Waals surface area contributed by atoms with Crippen molar-refractivity contribution in [2.24, 2.45) is 0 Å². The lowest BCUT2D eigenvalue weighted by Crippen LogP contribution is -2.39. The molecular formula is C17H18N2O4S. The van der Waals surface area contributed by atoms with Gasteiger partial charge in [-0.25, -0.2) is 0 Å². The fourth-order valence-electron chi connectivity index (χ4n) is 2.81. The molecule has 6 nitrogen and oxygen atoms in total. The van der Waals surface area contributed by atoms with Crippen LogP contribution in [0.15, 0.2) is 48.5 Å². The number of anilines is 1. The summed E-state index contributed by atoms with van der Waals surface area (Å²) < 4.78 is 29.1. The monoisotopic (exact) mass is 346 g/mol. The predicted molar refractivity (Wildman–Crippen MR) is 90.9 cm³/mol. The van der Waals surface area contributed by atoms with Gasteiger partial charge in [-0.05, 0) is 35.2 Å². The standard InChI is InChI=1S/C17H18N2O4S/c20-17(21)11-13-4-3-7-16(10-13)18-24(22,23)19-9-8-14-5-1-2-6-15(14)12-19/h1-7,10,18H,8-9,11-12H2,(H,20,21). The van der Waals surface area contributed by atoms with Crippen LogP contribution in [0.4, 0.5) is 5.69 Å². The number of nitrogens with one attached hydrogen (secondary N) is 1. The molecule has 1 aliphatic rings. The van der Waals surface area contributed by atoms with Gasteiger partial charge in [0.15, 0.2) is 0 Å². The molecule has 0 fully saturated rings. The summed E-state index contributed by atoms with van der Waals surface area (Å²) in [6.45, 7) is 0.751. The predicted octanol–water partition coefficient (Wildman–Crippen LogP) is 2.03. The van der Waals surface area contributed by atoms with E-state index in [0.29, 0.717) is 30.8 Å². The molecule has 24 heavy (non-hydrogen) atoms. The average Bonchev–Trinajstić information content (AvgIpc) is 2.53. The van der Waals surface area contributed by atoms with Crippen molar-refractivity contribution < 1.29 is 18.3 Å². The number of fused-ring (bicyclic) bond motifs is 1. The van der Waals surface area contributed by atoms with E-state index in [1.165, 1.54) is 9.87 Å². The zero-order valence-electron chi connectivity index (χ0n) is 13.0. The fraction of sp³-hybridized carbons (Fsp3) is 0.235. The minimum absolute atomic E-state index is 0.146. The SMILES string of the molecule is O=C(O)Cc1cccc(NS(=O)(=O)N2CCc3ccccc3C2)c1. The van der Waals surface area contributed by atoms with E-state index in [1.54, 1.807) is 24.3 Å². The maximum atomic E-state index is 12.6. The first-order valence-electron chi connectivity index (χ1n) is 7.59. The molecule has 2 aromatic carbocycles. The van der Waals surface area contributed by atoms with Crippen molar-refractivity contribution in [2.75, 3.05) is 11.3 Å². The van der Waals surface area contributed by atoms with Crippen LogP contribution in [0.5, 0.6) is 0 Å². The summed E-state index contributed by atoms with van der Waals surface area (Å²) in [6, 6.07) is 14.3. The average molecular weight is 346 g/mol. The highest BCUT2D eigenvalue weighted by atomic mass is 32.2. The first-order valence-corrected chi connectivity index (χ1v) is 9.03. The van der Waals surface area contributed by atoms with Crippen molar-refractivity contribution in [2.45, 2.75) is 19.4 Å². The molecule has 1 heterocycles. The summed E-state index contributed by atoms with van der Waals surface area (Å²) in [5.74, 6) is -0.956. The number of hydrogen-bond donors (Lipinski definition) is 2. The Kier molecular flexibility index (Phi) is 4.55. The van der Waals surface area contributed by atoms with Crippen molar-refractivity contribution in [3.05, 3.63) is 65.2 Å². The van der Waals surface area contributed by atoms with Gasteiger partial charge in [-0.3, -0.25) is 9.52 Å². The summed E-state index contributed by atoms with van der Waals surface area (Å²) in [7, 11) is -3.69. The molecule has 7 heteroatoms. The molecular weight excluding hydrogens is 328 g/mol. The number of carboxylic acid groups (broad SMARTS) is 1. The number of hydrogen-bond acceptors (Lipinski definition) is 3. The third-order valence-corrected chi connectivity index (χ3v) is 5.45. The summed E-state index contributed by atoms with van der Waals surface area (Å²) in [6.07, 6.45) is 0.531. The molecule has 0 atom stereocenters. The lowest BCUT2D eigenvalue weighted by molar-refractivity contribution is -0.136. The number of carbonyl (C=O) groups is 1. The number of aliphatic carboxylic acids is 1. The Morgan fingerprint density at radius 2 is 1.88 bits per heavy atom. The van der Waals surface area contributed by atoms with E-state index in [9.17, 15) is 13.2 Å². The van der Waals surface area contributed by atoms with Gasteiger partial charge in [0.1, 0.15) is 0 Å². The molecule has 2 N–H and O–H groups in total. The van der Waals surface area contributed by atoms with E-state index >= 15 is 0 Å². The van der Waals surface area contributed by atoms with Gasteiger partial charge in [0.05, 0.1) is 12.1 Å². The first-order chi connectivity index (χ1) is 11.4. The van der Waals surface area contributed by atoms with E-state index in [-0.39, 0.29) is 6.42 Å². The van der Waals surface area contributed by atoms with Gasteiger partial charge in [-0.15, -0.1) is 0 Å².